The van der Waals surface area contributed by atoms with Gasteiger partial charge in [-0.2, -0.15) is 4.98 Å². The predicted molar refractivity (Wildman–Crippen MR) is 98.5 cm³/mol. The summed E-state index contributed by atoms with van der Waals surface area (Å²) in [6.45, 7) is 5.95. The van der Waals surface area contributed by atoms with Crippen molar-refractivity contribution >= 4 is 5.97 Å². The number of rotatable bonds is 10. The van der Waals surface area contributed by atoms with Gasteiger partial charge in [-0.1, -0.05) is 17.3 Å². The van der Waals surface area contributed by atoms with Crippen LogP contribution in [-0.2, 0) is 16.0 Å². The molecule has 2 aromatic rings. The Hall–Kier alpha value is -2.28. The first-order valence-corrected chi connectivity index (χ1v) is 9.52. The first kappa shape index (κ1) is 19.5. The normalized spacial score (nSPS) is 13.9. The quantitative estimate of drug-likeness (QED) is 0.593. The van der Waals surface area contributed by atoms with E-state index >= 15 is 0 Å². The number of hydrogen-bond acceptors (Lipinski definition) is 6. The topological polar surface area (TPSA) is 68.5 Å². The smallest absolute Gasteiger partial charge is 0.320 e. The van der Waals surface area contributed by atoms with Gasteiger partial charge >= 0.3 is 5.97 Å². The molecule has 1 aromatic carbocycles. The molecule has 7 heteroatoms. The molecule has 3 rings (SSSR count). The Morgan fingerprint density at radius 2 is 2.22 bits per heavy atom. The van der Waals surface area contributed by atoms with Gasteiger partial charge in [-0.3, -0.25) is 9.69 Å². The van der Waals surface area contributed by atoms with Gasteiger partial charge in [0, 0.05) is 18.5 Å². The maximum Gasteiger partial charge on any atom is 0.320 e. The van der Waals surface area contributed by atoms with Crippen molar-refractivity contribution in [3.8, 4) is 11.4 Å². The molecule has 146 valence electrons. The van der Waals surface area contributed by atoms with Gasteiger partial charge in [0.25, 0.3) is 0 Å². The lowest BCUT2D eigenvalue weighted by Gasteiger charge is -2.20. The minimum absolute atomic E-state index is 0.181. The van der Waals surface area contributed by atoms with Gasteiger partial charge in [-0.25, -0.2) is 4.39 Å². The maximum absolute atomic E-state index is 13.7. The van der Waals surface area contributed by atoms with Crippen molar-refractivity contribution in [2.45, 2.75) is 39.5 Å². The molecule has 6 nitrogen and oxygen atoms in total. The van der Waals surface area contributed by atoms with Crippen LogP contribution in [0.3, 0.4) is 0 Å². The summed E-state index contributed by atoms with van der Waals surface area (Å²) >= 11 is 0. The van der Waals surface area contributed by atoms with E-state index < -0.39 is 0 Å². The number of ether oxygens (including phenoxy) is 1. The number of hydrogen-bond donors (Lipinski definition) is 0. The molecule has 1 aromatic heterocycles. The third kappa shape index (κ3) is 5.85. The number of esters is 1. The zero-order valence-corrected chi connectivity index (χ0v) is 15.9. The summed E-state index contributed by atoms with van der Waals surface area (Å²) < 4.78 is 24.0. The zero-order valence-electron chi connectivity index (χ0n) is 15.9. The van der Waals surface area contributed by atoms with Gasteiger partial charge in [0.2, 0.25) is 11.7 Å². The van der Waals surface area contributed by atoms with E-state index in [1.807, 2.05) is 6.92 Å². The van der Waals surface area contributed by atoms with E-state index in [4.69, 9.17) is 9.26 Å². The van der Waals surface area contributed by atoms with Crippen molar-refractivity contribution in [2.24, 2.45) is 5.92 Å². The summed E-state index contributed by atoms with van der Waals surface area (Å²) in [4.78, 5) is 18.3. The van der Waals surface area contributed by atoms with E-state index in [0.29, 0.717) is 48.3 Å². The van der Waals surface area contributed by atoms with Crippen LogP contribution in [0.2, 0.25) is 0 Å². The fourth-order valence-electron chi connectivity index (χ4n) is 2.95. The highest BCUT2D eigenvalue weighted by Crippen LogP contribution is 2.29. The molecule has 1 heterocycles. The second kappa shape index (κ2) is 9.08. The lowest BCUT2D eigenvalue weighted by molar-refractivity contribution is -0.144. The Labute approximate surface area is 158 Å². The Balaban J connectivity index is 1.51. The molecular weight excluding hydrogens is 349 g/mol. The van der Waals surface area contributed by atoms with Crippen LogP contribution in [0.25, 0.3) is 11.4 Å². The molecular formula is C20H26FN3O3. The summed E-state index contributed by atoms with van der Waals surface area (Å²) in [5.41, 5.74) is 1.19. The van der Waals surface area contributed by atoms with E-state index in [1.54, 1.807) is 19.1 Å². The first-order chi connectivity index (χ1) is 13.0. The van der Waals surface area contributed by atoms with E-state index in [2.05, 4.69) is 15.0 Å². The molecule has 0 atom stereocenters. The monoisotopic (exact) mass is 375 g/mol. The lowest BCUT2D eigenvalue weighted by atomic mass is 10.1. The number of benzene rings is 1. The van der Waals surface area contributed by atoms with Crippen LogP contribution >= 0.6 is 0 Å². The van der Waals surface area contributed by atoms with E-state index in [0.717, 1.165) is 19.5 Å². The minimum atomic E-state index is -0.284. The van der Waals surface area contributed by atoms with Gasteiger partial charge in [0.05, 0.1) is 13.2 Å². The largest absolute Gasteiger partial charge is 0.465 e. The molecule has 1 fully saturated rings. The predicted octanol–water partition coefficient (Wildman–Crippen LogP) is 3.39. The zero-order chi connectivity index (χ0) is 19.2. The number of carbonyl (C=O) groups excluding carboxylic acids is 1. The van der Waals surface area contributed by atoms with Crippen LogP contribution < -0.4 is 0 Å². The average Bonchev–Trinajstić information content (AvgIpc) is 3.32. The van der Waals surface area contributed by atoms with Gasteiger partial charge in [0.15, 0.2) is 0 Å². The molecule has 0 bridgehead atoms. The summed E-state index contributed by atoms with van der Waals surface area (Å²) in [6, 6.07) is 4.90. The van der Waals surface area contributed by atoms with Crippen LogP contribution in [0, 0.1) is 18.7 Å². The standard InChI is InChI=1S/C20H26FN3O3/c1-3-26-19(25)13-24(12-15-7-8-15)10-4-5-18-22-20(23-27-18)16-9-6-14(2)17(21)11-16/h6,9,11,15H,3-5,7-8,10,12-13H2,1-2H3. The van der Waals surface area contributed by atoms with Crippen molar-refractivity contribution in [2.75, 3.05) is 26.2 Å². The van der Waals surface area contributed by atoms with Gasteiger partial charge in [-0.05, 0) is 57.2 Å². The Morgan fingerprint density at radius 1 is 1.41 bits per heavy atom. The second-order valence-corrected chi connectivity index (χ2v) is 7.06. The third-order valence-corrected chi connectivity index (χ3v) is 4.63. The SMILES string of the molecule is CCOC(=O)CN(CCCc1nc(-c2ccc(C)c(F)c2)no1)CC1CC1. The van der Waals surface area contributed by atoms with Crippen molar-refractivity contribution in [3.05, 3.63) is 35.5 Å². The molecule has 0 unspecified atom stereocenters. The number of halogens is 1. The number of aryl methyl sites for hydroxylation is 2. The van der Waals surface area contributed by atoms with Crippen LogP contribution in [0.15, 0.2) is 22.7 Å². The Bertz CT molecular complexity index is 774. The van der Waals surface area contributed by atoms with Crippen LogP contribution in [0.4, 0.5) is 4.39 Å². The molecule has 1 saturated carbocycles. The number of nitrogens with zero attached hydrogens (tertiary/aromatic N) is 3. The molecule has 0 spiro atoms. The minimum Gasteiger partial charge on any atom is -0.465 e. The summed E-state index contributed by atoms with van der Waals surface area (Å²) in [7, 11) is 0. The van der Waals surface area contributed by atoms with Crippen molar-refractivity contribution in [3.63, 3.8) is 0 Å². The van der Waals surface area contributed by atoms with Crippen molar-refractivity contribution in [1.82, 2.24) is 15.0 Å². The van der Waals surface area contributed by atoms with E-state index in [9.17, 15) is 9.18 Å². The second-order valence-electron chi connectivity index (χ2n) is 7.06. The van der Waals surface area contributed by atoms with Crippen LogP contribution in [-0.4, -0.2) is 47.3 Å². The van der Waals surface area contributed by atoms with E-state index in [1.165, 1.54) is 18.9 Å². The van der Waals surface area contributed by atoms with Crippen LogP contribution in [0.5, 0.6) is 0 Å². The van der Waals surface area contributed by atoms with E-state index in [-0.39, 0.29) is 11.8 Å². The highest BCUT2D eigenvalue weighted by atomic mass is 19.1. The third-order valence-electron chi connectivity index (χ3n) is 4.63. The molecule has 0 saturated heterocycles. The molecule has 1 aliphatic rings. The first-order valence-electron chi connectivity index (χ1n) is 9.52. The fraction of sp³-hybridized carbons (Fsp3) is 0.550. The Kier molecular flexibility index (Phi) is 6.55. The number of aromatic nitrogens is 2. The summed E-state index contributed by atoms with van der Waals surface area (Å²) in [5.74, 6) is 1.15. The highest BCUT2D eigenvalue weighted by Gasteiger charge is 2.25. The maximum atomic E-state index is 13.7. The molecule has 1 aliphatic carbocycles. The summed E-state index contributed by atoms with van der Waals surface area (Å²) in [5, 5.41) is 3.95. The van der Waals surface area contributed by atoms with Gasteiger partial charge < -0.3 is 9.26 Å². The number of carbonyl (C=O) groups is 1. The molecule has 0 amide bonds. The van der Waals surface area contributed by atoms with Crippen LogP contribution in [0.1, 0.15) is 37.6 Å². The highest BCUT2D eigenvalue weighted by molar-refractivity contribution is 5.71. The summed E-state index contributed by atoms with van der Waals surface area (Å²) in [6.07, 6.45) is 3.89. The fourth-order valence-corrected chi connectivity index (χ4v) is 2.95. The van der Waals surface area contributed by atoms with Crippen molar-refractivity contribution in [1.29, 1.82) is 0 Å². The van der Waals surface area contributed by atoms with Crippen molar-refractivity contribution < 1.29 is 18.4 Å². The lowest BCUT2D eigenvalue weighted by Crippen LogP contribution is -2.33. The molecule has 0 aliphatic heterocycles. The molecule has 27 heavy (non-hydrogen) atoms. The molecule has 0 N–H and O–H groups in total. The molecule has 0 radical (unpaired) electrons. The van der Waals surface area contributed by atoms with Gasteiger partial charge in [-0.15, -0.1) is 0 Å². The Morgan fingerprint density at radius 3 is 2.93 bits per heavy atom. The average molecular weight is 375 g/mol. The van der Waals surface area contributed by atoms with Gasteiger partial charge in [0.1, 0.15) is 5.82 Å².